The molecule has 1 aromatic carbocycles. The minimum Gasteiger partial charge on any atom is -0.450 e. The summed E-state index contributed by atoms with van der Waals surface area (Å²) in [4.78, 5) is 30.7. The van der Waals surface area contributed by atoms with Crippen LogP contribution in [0.5, 0.6) is 0 Å². The van der Waals surface area contributed by atoms with Gasteiger partial charge in [0.15, 0.2) is 0 Å². The summed E-state index contributed by atoms with van der Waals surface area (Å²) in [5.41, 5.74) is 1.80. The van der Waals surface area contributed by atoms with Crippen LogP contribution in [-0.2, 0) is 15.9 Å². The van der Waals surface area contributed by atoms with Crippen molar-refractivity contribution in [3.05, 3.63) is 58.9 Å². The number of amides is 2. The van der Waals surface area contributed by atoms with E-state index in [2.05, 4.69) is 10.3 Å². The molecule has 8 nitrogen and oxygen atoms in total. The first-order chi connectivity index (χ1) is 17.3. The number of nitrogens with zero attached hydrogens (tertiary/aromatic N) is 3. The van der Waals surface area contributed by atoms with Gasteiger partial charge in [0.1, 0.15) is 17.3 Å². The number of halogens is 2. The molecule has 1 aliphatic carbocycles. The zero-order chi connectivity index (χ0) is 25.4. The van der Waals surface area contributed by atoms with Crippen molar-refractivity contribution in [2.45, 2.75) is 45.3 Å². The van der Waals surface area contributed by atoms with E-state index in [4.69, 9.17) is 9.47 Å². The van der Waals surface area contributed by atoms with Gasteiger partial charge in [-0.2, -0.15) is 0 Å². The van der Waals surface area contributed by atoms with Crippen LogP contribution in [0.2, 0.25) is 0 Å². The molecule has 10 heteroatoms. The number of imidazole rings is 1. The highest BCUT2D eigenvalue weighted by Crippen LogP contribution is 2.32. The number of nitrogens with one attached hydrogen (secondary N) is 1. The van der Waals surface area contributed by atoms with Crippen LogP contribution in [-0.4, -0.2) is 64.7 Å². The van der Waals surface area contributed by atoms with Gasteiger partial charge in [-0.3, -0.25) is 4.79 Å². The fourth-order valence-corrected chi connectivity index (χ4v) is 4.46. The van der Waals surface area contributed by atoms with Gasteiger partial charge in [0.05, 0.1) is 42.8 Å². The van der Waals surface area contributed by atoms with Crippen molar-refractivity contribution >= 4 is 17.6 Å². The Morgan fingerprint density at radius 1 is 1.22 bits per heavy atom. The van der Waals surface area contributed by atoms with Gasteiger partial charge in [0.25, 0.3) is 5.91 Å². The molecule has 2 aliphatic rings. The second kappa shape index (κ2) is 9.85. The van der Waals surface area contributed by atoms with Gasteiger partial charge in [-0.25, -0.2) is 18.6 Å². The highest BCUT2D eigenvalue weighted by atomic mass is 19.1. The van der Waals surface area contributed by atoms with Crippen molar-refractivity contribution in [1.82, 2.24) is 19.6 Å². The number of hydrogen-bond acceptors (Lipinski definition) is 5. The van der Waals surface area contributed by atoms with E-state index >= 15 is 8.78 Å². The van der Waals surface area contributed by atoms with Gasteiger partial charge in [0, 0.05) is 30.8 Å². The Hall–Kier alpha value is -3.53. The Balaban J connectivity index is 1.51. The average molecular weight is 499 g/mol. The van der Waals surface area contributed by atoms with Crippen molar-refractivity contribution < 1.29 is 27.8 Å². The number of ether oxygens (including phenoxy) is 2. The highest BCUT2D eigenvalue weighted by molar-refractivity contribution is 5.95. The summed E-state index contributed by atoms with van der Waals surface area (Å²) in [6.07, 6.45) is 2.97. The maximum atomic E-state index is 15.4. The number of carbonyl (C=O) groups excluding carboxylic acids is 2. The van der Waals surface area contributed by atoms with Crippen LogP contribution in [0.4, 0.5) is 13.6 Å². The molecule has 190 valence electrons. The van der Waals surface area contributed by atoms with Crippen LogP contribution >= 0.6 is 0 Å². The number of aromatic nitrogens is 2. The molecule has 1 N–H and O–H groups in total. The predicted octanol–water partition coefficient (Wildman–Crippen LogP) is 3.88. The molecular weight excluding hydrogens is 470 g/mol. The first-order valence-electron chi connectivity index (χ1n) is 12.1. The molecular formula is C26H28F2N4O4. The summed E-state index contributed by atoms with van der Waals surface area (Å²) >= 11 is 0. The summed E-state index contributed by atoms with van der Waals surface area (Å²) < 4.78 is 43.5. The zero-order valence-electron chi connectivity index (χ0n) is 20.2. The van der Waals surface area contributed by atoms with E-state index < -0.39 is 29.7 Å². The molecule has 36 heavy (non-hydrogen) atoms. The Labute approximate surface area is 207 Å². The molecule has 3 aromatic rings. The van der Waals surface area contributed by atoms with E-state index in [-0.39, 0.29) is 42.4 Å². The highest BCUT2D eigenvalue weighted by Gasteiger charge is 2.30. The van der Waals surface area contributed by atoms with Crippen molar-refractivity contribution in [3.8, 4) is 11.3 Å². The number of hydrogen-bond donors (Lipinski definition) is 1. The Kier molecular flexibility index (Phi) is 6.61. The number of rotatable bonds is 6. The predicted molar refractivity (Wildman–Crippen MR) is 128 cm³/mol. The first kappa shape index (κ1) is 24.2. The summed E-state index contributed by atoms with van der Waals surface area (Å²) in [5, 5.41) is 2.75. The van der Waals surface area contributed by atoms with Crippen molar-refractivity contribution in [2.24, 2.45) is 0 Å². The second-order valence-electron chi connectivity index (χ2n) is 9.24. The minimum atomic E-state index is -0.866. The van der Waals surface area contributed by atoms with Gasteiger partial charge in [0.2, 0.25) is 0 Å². The number of aryl methyl sites for hydroxylation is 1. The summed E-state index contributed by atoms with van der Waals surface area (Å²) in [6.45, 7) is 4.92. The van der Waals surface area contributed by atoms with Crippen LogP contribution in [0, 0.1) is 18.6 Å². The Morgan fingerprint density at radius 3 is 2.67 bits per heavy atom. The number of pyridine rings is 1. The SMILES string of the molecule is CCOC(=O)N1CCO[C@@H](Cc2c(-c3c(F)cc(C(=O)NC4CC4)cc3F)nc3cc(C)ccn23)C1. The maximum Gasteiger partial charge on any atom is 0.409 e. The molecule has 0 spiro atoms. The van der Waals surface area contributed by atoms with E-state index in [9.17, 15) is 9.59 Å². The lowest BCUT2D eigenvalue weighted by Gasteiger charge is -2.32. The molecule has 1 atom stereocenters. The van der Waals surface area contributed by atoms with Crippen LogP contribution in [0.15, 0.2) is 30.5 Å². The number of fused-ring (bicyclic) bond motifs is 1. The van der Waals surface area contributed by atoms with Crippen LogP contribution in [0.3, 0.4) is 0 Å². The Bertz CT molecular complexity index is 1300. The molecule has 0 unspecified atom stereocenters. The fourth-order valence-electron chi connectivity index (χ4n) is 4.46. The lowest BCUT2D eigenvalue weighted by Crippen LogP contribution is -2.46. The van der Waals surface area contributed by atoms with E-state index in [1.54, 1.807) is 22.4 Å². The number of benzene rings is 1. The third kappa shape index (κ3) is 4.90. The Morgan fingerprint density at radius 2 is 1.97 bits per heavy atom. The monoisotopic (exact) mass is 498 g/mol. The lowest BCUT2D eigenvalue weighted by molar-refractivity contribution is -0.0262. The molecule has 1 aliphatic heterocycles. The van der Waals surface area contributed by atoms with Gasteiger partial charge in [-0.1, -0.05) is 0 Å². The van der Waals surface area contributed by atoms with Crippen LogP contribution in [0.1, 0.15) is 41.4 Å². The molecule has 1 saturated heterocycles. The second-order valence-corrected chi connectivity index (χ2v) is 9.24. The molecule has 0 bridgehead atoms. The third-order valence-corrected chi connectivity index (χ3v) is 6.42. The molecule has 3 heterocycles. The molecule has 2 fully saturated rings. The standard InChI is InChI=1S/C26H28F2N4O4/c1-3-35-26(34)31-8-9-36-18(14-31)13-21-24(30-22-10-15(2)6-7-32(21)22)23-19(27)11-16(12-20(23)28)25(33)29-17-4-5-17/h6-7,10-12,17-18H,3-5,8-9,13-14H2,1-2H3,(H,29,33)/t18-/m0/s1. The maximum absolute atomic E-state index is 15.4. The van der Waals surface area contributed by atoms with Gasteiger partial charge >= 0.3 is 6.09 Å². The van der Waals surface area contributed by atoms with Crippen molar-refractivity contribution in [2.75, 3.05) is 26.3 Å². The number of morpholine rings is 1. The largest absolute Gasteiger partial charge is 0.450 e. The summed E-state index contributed by atoms with van der Waals surface area (Å²) in [5.74, 6) is -2.23. The van der Waals surface area contributed by atoms with E-state index in [0.29, 0.717) is 24.5 Å². The minimum absolute atomic E-state index is 0.0671. The van der Waals surface area contributed by atoms with Gasteiger partial charge < -0.3 is 24.1 Å². The molecule has 0 radical (unpaired) electrons. The lowest BCUT2D eigenvalue weighted by atomic mass is 10.0. The summed E-state index contributed by atoms with van der Waals surface area (Å²) in [7, 11) is 0. The zero-order valence-corrected chi connectivity index (χ0v) is 20.2. The quantitative estimate of drug-likeness (QED) is 0.558. The first-order valence-corrected chi connectivity index (χ1v) is 12.1. The number of carbonyl (C=O) groups is 2. The normalized spacial score (nSPS) is 17.9. The van der Waals surface area contributed by atoms with E-state index in [1.165, 1.54) is 0 Å². The van der Waals surface area contributed by atoms with Gasteiger partial charge in [-0.05, 0) is 56.5 Å². The fraction of sp³-hybridized carbons (Fsp3) is 0.423. The third-order valence-electron chi connectivity index (χ3n) is 6.42. The molecule has 2 amide bonds. The molecule has 2 aromatic heterocycles. The smallest absolute Gasteiger partial charge is 0.409 e. The van der Waals surface area contributed by atoms with Crippen molar-refractivity contribution in [1.29, 1.82) is 0 Å². The van der Waals surface area contributed by atoms with Crippen molar-refractivity contribution in [3.63, 3.8) is 0 Å². The molecule has 5 rings (SSSR count). The molecule has 1 saturated carbocycles. The summed E-state index contributed by atoms with van der Waals surface area (Å²) in [6, 6.07) is 5.88. The average Bonchev–Trinajstić information content (AvgIpc) is 3.60. The van der Waals surface area contributed by atoms with Gasteiger partial charge in [-0.15, -0.1) is 0 Å². The van der Waals surface area contributed by atoms with E-state index in [1.807, 2.05) is 19.1 Å². The topological polar surface area (TPSA) is 85.2 Å². The van der Waals surface area contributed by atoms with E-state index in [0.717, 1.165) is 30.5 Å². The van der Waals surface area contributed by atoms with Crippen LogP contribution < -0.4 is 5.32 Å². The van der Waals surface area contributed by atoms with Crippen LogP contribution in [0.25, 0.3) is 16.9 Å².